The Morgan fingerprint density at radius 3 is 2.35 bits per heavy atom. The molecule has 4 heteroatoms. The molecule has 1 heterocycles. The van der Waals surface area contributed by atoms with Gasteiger partial charge in [-0.25, -0.2) is 0 Å². The highest BCUT2D eigenvalue weighted by atomic mass is 16.1. The van der Waals surface area contributed by atoms with Crippen molar-refractivity contribution in [3.63, 3.8) is 0 Å². The van der Waals surface area contributed by atoms with Gasteiger partial charge in [0.15, 0.2) is 5.78 Å². The van der Waals surface area contributed by atoms with E-state index < -0.39 is 0 Å². The molecule has 0 fully saturated rings. The normalized spacial score (nSPS) is 12.1. The van der Waals surface area contributed by atoms with Gasteiger partial charge >= 0.3 is 0 Å². The molecule has 0 saturated carbocycles. The Balaban J connectivity index is 2.86. The number of Topliss-reactive ketones (excluding diaryl/α,β-unsaturated/α-hetero) is 1. The Hall–Kier alpha value is -1.16. The first-order valence-corrected chi connectivity index (χ1v) is 6.14. The van der Waals surface area contributed by atoms with Crippen LogP contribution in [0.1, 0.15) is 32.3 Å². The summed E-state index contributed by atoms with van der Waals surface area (Å²) in [5.74, 6) is 0.278. The molecule has 0 atom stereocenters. The summed E-state index contributed by atoms with van der Waals surface area (Å²) in [5, 5.41) is 4.10. The number of nitrogens with zero attached hydrogens (tertiary/aromatic N) is 3. The molecule has 0 aliphatic rings. The minimum Gasteiger partial charge on any atom is -0.297 e. The van der Waals surface area contributed by atoms with E-state index in [1.165, 1.54) is 0 Å². The highest BCUT2D eigenvalue weighted by Crippen LogP contribution is 2.24. The van der Waals surface area contributed by atoms with E-state index >= 15 is 0 Å². The quantitative estimate of drug-likeness (QED) is 0.755. The first-order valence-electron chi connectivity index (χ1n) is 6.14. The highest BCUT2D eigenvalue weighted by Gasteiger charge is 2.36. The van der Waals surface area contributed by atoms with Gasteiger partial charge in [-0.1, -0.05) is 13.8 Å². The zero-order valence-electron chi connectivity index (χ0n) is 11.5. The van der Waals surface area contributed by atoms with E-state index in [1.54, 1.807) is 10.9 Å². The van der Waals surface area contributed by atoms with Crippen LogP contribution >= 0.6 is 0 Å². The molecule has 1 aromatic rings. The molecular formula is C13H23N3O. The summed E-state index contributed by atoms with van der Waals surface area (Å²) >= 11 is 0. The van der Waals surface area contributed by atoms with Crippen molar-refractivity contribution >= 4 is 5.78 Å². The largest absolute Gasteiger partial charge is 0.297 e. The first-order chi connectivity index (χ1) is 7.96. The topological polar surface area (TPSA) is 38.1 Å². The number of aryl methyl sites for hydroxylation is 1. The molecule has 4 nitrogen and oxygen atoms in total. The monoisotopic (exact) mass is 237 g/mol. The number of hydrogen-bond donors (Lipinski definition) is 0. The van der Waals surface area contributed by atoms with Crippen LogP contribution in [0.2, 0.25) is 0 Å². The lowest BCUT2D eigenvalue weighted by molar-refractivity contribution is -0.129. The zero-order chi connectivity index (χ0) is 13.1. The van der Waals surface area contributed by atoms with Gasteiger partial charge in [0.2, 0.25) is 0 Å². The van der Waals surface area contributed by atoms with Gasteiger partial charge in [0.05, 0.1) is 11.7 Å². The molecule has 0 aliphatic carbocycles. The Bertz CT molecular complexity index is 378. The van der Waals surface area contributed by atoms with Gasteiger partial charge in [-0.3, -0.25) is 14.4 Å². The van der Waals surface area contributed by atoms with E-state index in [4.69, 9.17) is 0 Å². The van der Waals surface area contributed by atoms with Crippen LogP contribution in [0, 0.1) is 0 Å². The van der Waals surface area contributed by atoms with Crippen molar-refractivity contribution in [3.8, 4) is 0 Å². The predicted octanol–water partition coefficient (Wildman–Crippen LogP) is 1.65. The van der Waals surface area contributed by atoms with E-state index in [9.17, 15) is 4.79 Å². The summed E-state index contributed by atoms with van der Waals surface area (Å²) in [6, 6.07) is 0. The maximum atomic E-state index is 12.5. The molecule has 0 unspecified atom stereocenters. The molecule has 0 bridgehead atoms. The number of likely N-dealkylation sites (N-methyl/N-ethyl adjacent to an activating group) is 1. The second-order valence-corrected chi connectivity index (χ2v) is 4.76. The lowest BCUT2D eigenvalue weighted by Crippen LogP contribution is -2.50. The Kier molecular flexibility index (Phi) is 4.46. The summed E-state index contributed by atoms with van der Waals surface area (Å²) in [6.45, 7) is 4.15. The third-order valence-electron chi connectivity index (χ3n) is 3.67. The smallest absolute Gasteiger partial charge is 0.157 e. The number of carbonyl (C=O) groups excluding carboxylic acids is 1. The van der Waals surface area contributed by atoms with Crippen molar-refractivity contribution in [2.45, 2.75) is 38.6 Å². The Morgan fingerprint density at radius 1 is 1.41 bits per heavy atom. The predicted molar refractivity (Wildman–Crippen MR) is 68.9 cm³/mol. The summed E-state index contributed by atoms with van der Waals surface area (Å²) < 4.78 is 1.73. The molecule has 0 aromatic carbocycles. The van der Waals surface area contributed by atoms with Gasteiger partial charge in [-0.2, -0.15) is 5.10 Å². The van der Waals surface area contributed by atoms with Gasteiger partial charge in [-0.05, 0) is 32.5 Å². The van der Waals surface area contributed by atoms with Crippen LogP contribution < -0.4 is 0 Å². The fourth-order valence-electron chi connectivity index (χ4n) is 2.44. The van der Waals surface area contributed by atoms with Gasteiger partial charge in [0, 0.05) is 19.7 Å². The lowest BCUT2D eigenvalue weighted by Gasteiger charge is -2.37. The summed E-state index contributed by atoms with van der Waals surface area (Å²) in [6.07, 6.45) is 5.83. The molecule has 1 aromatic heterocycles. The third-order valence-corrected chi connectivity index (χ3v) is 3.67. The molecule has 0 spiro atoms. The van der Waals surface area contributed by atoms with Gasteiger partial charge in [-0.15, -0.1) is 0 Å². The van der Waals surface area contributed by atoms with E-state index in [0.717, 1.165) is 18.4 Å². The van der Waals surface area contributed by atoms with Crippen molar-refractivity contribution in [1.82, 2.24) is 14.7 Å². The summed E-state index contributed by atoms with van der Waals surface area (Å²) in [4.78, 5) is 14.5. The standard InChI is InChI=1S/C13H23N3O/c1-6-13(7-2,15(3)4)12(17)8-11-9-14-16(5)10-11/h9-10H,6-8H2,1-5H3. The van der Waals surface area contributed by atoms with Gasteiger partial charge in [0.1, 0.15) is 0 Å². The molecule has 96 valence electrons. The maximum Gasteiger partial charge on any atom is 0.157 e. The third kappa shape index (κ3) is 2.75. The minimum absolute atomic E-state index is 0.278. The number of aromatic nitrogens is 2. The average Bonchev–Trinajstić information content (AvgIpc) is 2.66. The zero-order valence-corrected chi connectivity index (χ0v) is 11.5. The van der Waals surface area contributed by atoms with Crippen molar-refractivity contribution in [3.05, 3.63) is 18.0 Å². The first kappa shape index (κ1) is 13.9. The average molecular weight is 237 g/mol. The van der Waals surface area contributed by atoms with Crippen molar-refractivity contribution in [1.29, 1.82) is 0 Å². The van der Waals surface area contributed by atoms with Crippen molar-refractivity contribution in [2.24, 2.45) is 7.05 Å². The van der Waals surface area contributed by atoms with E-state index in [-0.39, 0.29) is 11.3 Å². The number of rotatable bonds is 6. The molecule has 0 N–H and O–H groups in total. The maximum absolute atomic E-state index is 12.5. The van der Waals surface area contributed by atoms with Crippen LogP contribution in [0.25, 0.3) is 0 Å². The Labute approximate surface area is 104 Å². The van der Waals surface area contributed by atoms with Gasteiger partial charge < -0.3 is 0 Å². The lowest BCUT2D eigenvalue weighted by atomic mass is 9.84. The van der Waals surface area contributed by atoms with E-state index in [0.29, 0.717) is 6.42 Å². The molecule has 0 aliphatic heterocycles. The van der Waals surface area contributed by atoms with Gasteiger partial charge in [0.25, 0.3) is 0 Å². The fraction of sp³-hybridized carbons (Fsp3) is 0.692. The second-order valence-electron chi connectivity index (χ2n) is 4.76. The van der Waals surface area contributed by atoms with Crippen LogP contribution in [0.5, 0.6) is 0 Å². The number of ketones is 1. The second kappa shape index (κ2) is 5.45. The van der Waals surface area contributed by atoms with E-state index in [1.807, 2.05) is 32.2 Å². The van der Waals surface area contributed by atoms with Crippen LogP contribution in [-0.4, -0.2) is 40.1 Å². The van der Waals surface area contributed by atoms with Crippen LogP contribution in [0.3, 0.4) is 0 Å². The molecule has 0 saturated heterocycles. The van der Waals surface area contributed by atoms with Crippen molar-refractivity contribution < 1.29 is 4.79 Å². The summed E-state index contributed by atoms with van der Waals surface area (Å²) in [7, 11) is 5.83. The van der Waals surface area contributed by atoms with Crippen LogP contribution in [0.15, 0.2) is 12.4 Å². The Morgan fingerprint density at radius 2 is 2.00 bits per heavy atom. The molecular weight excluding hydrogens is 214 g/mol. The summed E-state index contributed by atoms with van der Waals surface area (Å²) in [5.41, 5.74) is 0.654. The van der Waals surface area contributed by atoms with Crippen molar-refractivity contribution in [2.75, 3.05) is 14.1 Å². The fourth-order valence-corrected chi connectivity index (χ4v) is 2.44. The molecule has 17 heavy (non-hydrogen) atoms. The van der Waals surface area contributed by atoms with Crippen LogP contribution in [0.4, 0.5) is 0 Å². The molecule has 1 rings (SSSR count). The van der Waals surface area contributed by atoms with Crippen LogP contribution in [-0.2, 0) is 18.3 Å². The molecule has 0 amide bonds. The minimum atomic E-state index is -0.337. The molecule has 0 radical (unpaired) electrons. The SMILES string of the molecule is CCC(CC)(C(=O)Cc1cnn(C)c1)N(C)C. The highest BCUT2D eigenvalue weighted by molar-refractivity contribution is 5.90. The number of carbonyl (C=O) groups is 1. The van der Waals surface area contributed by atoms with E-state index in [2.05, 4.69) is 18.9 Å². The number of hydrogen-bond acceptors (Lipinski definition) is 3.